The number of nitrogens with one attached hydrogen (secondary N) is 1. The fourth-order valence-corrected chi connectivity index (χ4v) is 2.32. The molecular formula is C16H18N4O. The normalized spacial score (nSPS) is 10.8. The zero-order chi connectivity index (χ0) is 14.8. The fourth-order valence-electron chi connectivity index (χ4n) is 2.32. The highest BCUT2D eigenvalue weighted by Gasteiger charge is 2.06. The summed E-state index contributed by atoms with van der Waals surface area (Å²) in [6.45, 7) is 2.77. The maximum Gasteiger partial charge on any atom is 0.134 e. The van der Waals surface area contributed by atoms with Crippen LogP contribution in [0.25, 0.3) is 10.8 Å². The first-order valence-corrected chi connectivity index (χ1v) is 6.83. The van der Waals surface area contributed by atoms with E-state index in [1.165, 1.54) is 5.56 Å². The van der Waals surface area contributed by atoms with Crippen LogP contribution >= 0.6 is 0 Å². The van der Waals surface area contributed by atoms with E-state index < -0.39 is 0 Å². The summed E-state index contributed by atoms with van der Waals surface area (Å²) in [5.41, 5.74) is 2.33. The molecular weight excluding hydrogens is 264 g/mol. The number of ether oxygens (including phenoxy) is 1. The number of fused-ring (bicyclic) bond motifs is 1. The van der Waals surface area contributed by atoms with Gasteiger partial charge in [-0.05, 0) is 36.6 Å². The molecule has 0 saturated carbocycles. The minimum absolute atomic E-state index is 0.706. The number of aryl methyl sites for hydroxylation is 1. The van der Waals surface area contributed by atoms with Crippen molar-refractivity contribution in [2.24, 2.45) is 7.05 Å². The Labute approximate surface area is 123 Å². The highest BCUT2D eigenvalue weighted by atomic mass is 16.5. The molecule has 1 N–H and O–H groups in total. The number of hydrogen-bond donors (Lipinski definition) is 1. The molecule has 3 aromatic rings. The lowest BCUT2D eigenvalue weighted by Gasteiger charge is -2.09. The number of rotatable bonds is 4. The van der Waals surface area contributed by atoms with E-state index in [0.29, 0.717) is 6.54 Å². The average molecular weight is 282 g/mol. The Kier molecular flexibility index (Phi) is 3.48. The van der Waals surface area contributed by atoms with Gasteiger partial charge in [-0.15, -0.1) is 0 Å². The lowest BCUT2D eigenvalue weighted by atomic mass is 10.1. The SMILES string of the molecule is COc1ccc2c(NCc3cnn(C)c3C)nccc2c1. The highest BCUT2D eigenvalue weighted by molar-refractivity contribution is 5.92. The van der Waals surface area contributed by atoms with E-state index >= 15 is 0 Å². The number of benzene rings is 1. The van der Waals surface area contributed by atoms with Gasteiger partial charge in [0.25, 0.3) is 0 Å². The van der Waals surface area contributed by atoms with Crippen molar-refractivity contribution in [2.45, 2.75) is 13.5 Å². The van der Waals surface area contributed by atoms with Crippen molar-refractivity contribution in [3.63, 3.8) is 0 Å². The van der Waals surface area contributed by atoms with Crippen molar-refractivity contribution in [1.29, 1.82) is 0 Å². The molecule has 2 aromatic heterocycles. The molecule has 3 rings (SSSR count). The third-order valence-corrected chi connectivity index (χ3v) is 3.75. The summed E-state index contributed by atoms with van der Waals surface area (Å²) in [5, 5.41) is 9.83. The summed E-state index contributed by atoms with van der Waals surface area (Å²) in [5.74, 6) is 1.72. The molecule has 5 nitrogen and oxygen atoms in total. The zero-order valence-electron chi connectivity index (χ0n) is 12.4. The molecule has 0 radical (unpaired) electrons. The second kappa shape index (κ2) is 5.44. The smallest absolute Gasteiger partial charge is 0.134 e. The van der Waals surface area contributed by atoms with Crippen molar-refractivity contribution < 1.29 is 4.74 Å². The van der Waals surface area contributed by atoms with E-state index in [-0.39, 0.29) is 0 Å². The summed E-state index contributed by atoms with van der Waals surface area (Å²) in [4.78, 5) is 4.43. The number of nitrogens with zero attached hydrogens (tertiary/aromatic N) is 3. The maximum atomic E-state index is 5.26. The van der Waals surface area contributed by atoms with Crippen LogP contribution in [0.15, 0.2) is 36.7 Å². The summed E-state index contributed by atoms with van der Waals surface area (Å²) in [6, 6.07) is 7.97. The first-order chi connectivity index (χ1) is 10.2. The summed E-state index contributed by atoms with van der Waals surface area (Å²) >= 11 is 0. The lowest BCUT2D eigenvalue weighted by molar-refractivity contribution is 0.415. The Morgan fingerprint density at radius 2 is 2.14 bits per heavy atom. The predicted molar refractivity (Wildman–Crippen MR) is 83.6 cm³/mol. The van der Waals surface area contributed by atoms with Crippen molar-refractivity contribution in [3.8, 4) is 5.75 Å². The third kappa shape index (κ3) is 2.54. The van der Waals surface area contributed by atoms with Gasteiger partial charge in [-0.25, -0.2) is 4.98 Å². The van der Waals surface area contributed by atoms with Gasteiger partial charge < -0.3 is 10.1 Å². The molecule has 0 bridgehead atoms. The van der Waals surface area contributed by atoms with Crippen molar-refractivity contribution in [1.82, 2.24) is 14.8 Å². The number of pyridine rings is 1. The summed E-state index contributed by atoms with van der Waals surface area (Å²) in [6.07, 6.45) is 3.69. The van der Waals surface area contributed by atoms with E-state index in [4.69, 9.17) is 4.74 Å². The van der Waals surface area contributed by atoms with Gasteiger partial charge in [0, 0.05) is 36.4 Å². The van der Waals surface area contributed by atoms with Crippen LogP contribution in [0.4, 0.5) is 5.82 Å². The van der Waals surface area contributed by atoms with E-state index in [0.717, 1.165) is 28.0 Å². The molecule has 5 heteroatoms. The minimum atomic E-state index is 0.706. The standard InChI is InChI=1S/C16H18N4O/c1-11-13(10-19-20(11)2)9-18-16-15-5-4-14(21-3)8-12(15)6-7-17-16/h4-8,10H,9H2,1-3H3,(H,17,18). The van der Waals surface area contributed by atoms with Gasteiger partial charge in [0.2, 0.25) is 0 Å². The monoisotopic (exact) mass is 282 g/mol. The minimum Gasteiger partial charge on any atom is -0.497 e. The molecule has 108 valence electrons. The number of aromatic nitrogens is 3. The molecule has 0 saturated heterocycles. The second-order valence-electron chi connectivity index (χ2n) is 4.98. The number of anilines is 1. The van der Waals surface area contributed by atoms with Crippen LogP contribution in [0.1, 0.15) is 11.3 Å². The molecule has 0 atom stereocenters. The van der Waals surface area contributed by atoms with Crippen LogP contribution in [0.3, 0.4) is 0 Å². The van der Waals surface area contributed by atoms with Gasteiger partial charge in [0.15, 0.2) is 0 Å². The molecule has 0 aliphatic heterocycles. The molecule has 0 amide bonds. The van der Waals surface area contributed by atoms with E-state index in [1.54, 1.807) is 13.3 Å². The van der Waals surface area contributed by atoms with E-state index in [1.807, 2.05) is 42.2 Å². The number of hydrogen-bond acceptors (Lipinski definition) is 4. The molecule has 0 spiro atoms. The topological polar surface area (TPSA) is 52.0 Å². The van der Waals surface area contributed by atoms with Gasteiger partial charge >= 0.3 is 0 Å². The van der Waals surface area contributed by atoms with Crippen molar-refractivity contribution >= 4 is 16.6 Å². The first kappa shape index (κ1) is 13.4. The molecule has 2 heterocycles. The van der Waals surface area contributed by atoms with Crippen molar-refractivity contribution in [2.75, 3.05) is 12.4 Å². The van der Waals surface area contributed by atoms with E-state index in [2.05, 4.69) is 22.3 Å². The Bertz CT molecular complexity index is 779. The Hall–Kier alpha value is -2.56. The van der Waals surface area contributed by atoms with E-state index in [9.17, 15) is 0 Å². The van der Waals surface area contributed by atoms with Crippen LogP contribution < -0.4 is 10.1 Å². The first-order valence-electron chi connectivity index (χ1n) is 6.83. The quantitative estimate of drug-likeness (QED) is 0.799. The highest BCUT2D eigenvalue weighted by Crippen LogP contribution is 2.25. The molecule has 21 heavy (non-hydrogen) atoms. The van der Waals surface area contributed by atoms with Gasteiger partial charge in [0.05, 0.1) is 13.3 Å². The van der Waals surface area contributed by atoms with Gasteiger partial charge in [-0.3, -0.25) is 4.68 Å². The molecule has 0 unspecified atom stereocenters. The fraction of sp³-hybridized carbons (Fsp3) is 0.250. The summed E-state index contributed by atoms with van der Waals surface area (Å²) < 4.78 is 7.13. The van der Waals surface area contributed by atoms with Gasteiger partial charge in [0.1, 0.15) is 11.6 Å². The van der Waals surface area contributed by atoms with Gasteiger partial charge in [-0.1, -0.05) is 0 Å². The average Bonchev–Trinajstić information content (AvgIpc) is 2.84. The second-order valence-corrected chi connectivity index (χ2v) is 4.98. The molecule has 0 aliphatic rings. The van der Waals surface area contributed by atoms with Crippen LogP contribution in [-0.2, 0) is 13.6 Å². The zero-order valence-corrected chi connectivity index (χ0v) is 12.4. The third-order valence-electron chi connectivity index (χ3n) is 3.75. The molecule has 1 aromatic carbocycles. The van der Waals surface area contributed by atoms with Crippen LogP contribution in [0.2, 0.25) is 0 Å². The summed E-state index contributed by atoms with van der Waals surface area (Å²) in [7, 11) is 3.62. The predicted octanol–water partition coefficient (Wildman–Crippen LogP) is 2.90. The van der Waals surface area contributed by atoms with Crippen LogP contribution in [-0.4, -0.2) is 21.9 Å². The Morgan fingerprint density at radius 3 is 2.86 bits per heavy atom. The Morgan fingerprint density at radius 1 is 1.29 bits per heavy atom. The number of methoxy groups -OCH3 is 1. The van der Waals surface area contributed by atoms with Crippen molar-refractivity contribution in [3.05, 3.63) is 47.9 Å². The Balaban J connectivity index is 1.88. The maximum absolute atomic E-state index is 5.26. The van der Waals surface area contributed by atoms with Gasteiger partial charge in [-0.2, -0.15) is 5.10 Å². The van der Waals surface area contributed by atoms with Crippen LogP contribution in [0, 0.1) is 6.92 Å². The lowest BCUT2D eigenvalue weighted by Crippen LogP contribution is -2.03. The molecule has 0 aliphatic carbocycles. The molecule has 0 fully saturated rings. The largest absolute Gasteiger partial charge is 0.497 e. The van der Waals surface area contributed by atoms with Crippen LogP contribution in [0.5, 0.6) is 5.75 Å².